The van der Waals surface area contributed by atoms with Gasteiger partial charge < -0.3 is 4.74 Å². The minimum absolute atomic E-state index is 0.113. The average Bonchev–Trinajstić information content (AvgIpc) is 2.73. The van der Waals surface area contributed by atoms with E-state index in [0.717, 1.165) is 33.8 Å². The smallest absolute Gasteiger partial charge is 0.175 e. The van der Waals surface area contributed by atoms with Crippen LogP contribution >= 0.6 is 0 Å². The predicted octanol–water partition coefficient (Wildman–Crippen LogP) is 4.74. The molecular weight excluding hydrogens is 384 g/mol. The van der Waals surface area contributed by atoms with Gasteiger partial charge in [0.2, 0.25) is 0 Å². The summed E-state index contributed by atoms with van der Waals surface area (Å²) in [6.45, 7) is 2.03. The van der Waals surface area contributed by atoms with Gasteiger partial charge in [0.1, 0.15) is 11.9 Å². The molecule has 0 saturated heterocycles. The summed E-state index contributed by atoms with van der Waals surface area (Å²) in [7, 11) is -3.22. The number of nitrogens with one attached hydrogen (secondary N) is 1. The van der Waals surface area contributed by atoms with Gasteiger partial charge in [-0.2, -0.15) is 5.10 Å². The molecule has 0 amide bonds. The van der Waals surface area contributed by atoms with Crippen LogP contribution in [0.1, 0.15) is 29.2 Å². The van der Waals surface area contributed by atoms with Crippen molar-refractivity contribution in [2.24, 2.45) is 5.10 Å². The number of para-hydroxylation sites is 1. The van der Waals surface area contributed by atoms with Gasteiger partial charge in [-0.05, 0) is 48.4 Å². The molecule has 148 valence electrons. The summed E-state index contributed by atoms with van der Waals surface area (Å²) in [5, 5.41) is 4.64. The van der Waals surface area contributed by atoms with E-state index < -0.39 is 9.84 Å². The average molecular weight is 407 g/mol. The van der Waals surface area contributed by atoms with Crippen molar-refractivity contribution in [2.45, 2.75) is 24.3 Å². The molecule has 0 radical (unpaired) electrons. The zero-order valence-electron chi connectivity index (χ0n) is 16.3. The zero-order chi connectivity index (χ0) is 20.4. The van der Waals surface area contributed by atoms with Crippen LogP contribution in [-0.4, -0.2) is 20.4 Å². The molecule has 1 aliphatic heterocycles. The molecule has 0 bridgehead atoms. The molecule has 1 aliphatic rings. The first-order valence-electron chi connectivity index (χ1n) is 9.36. The van der Waals surface area contributed by atoms with E-state index in [0.29, 0.717) is 6.42 Å². The second-order valence-electron chi connectivity index (χ2n) is 7.14. The maximum atomic E-state index is 11.6. The van der Waals surface area contributed by atoms with Gasteiger partial charge in [-0.3, -0.25) is 5.43 Å². The van der Waals surface area contributed by atoms with E-state index in [-0.39, 0.29) is 11.0 Å². The van der Waals surface area contributed by atoms with Gasteiger partial charge in [0.15, 0.2) is 9.84 Å². The molecule has 5 nitrogen and oxygen atoms in total. The Balaban J connectivity index is 1.65. The summed E-state index contributed by atoms with van der Waals surface area (Å²) < 4.78 is 29.6. The Morgan fingerprint density at radius 1 is 0.966 bits per heavy atom. The van der Waals surface area contributed by atoms with E-state index >= 15 is 0 Å². The number of aryl methyl sites for hydroxylation is 1. The molecular formula is C23H22N2O3S. The Morgan fingerprint density at radius 3 is 2.38 bits per heavy atom. The molecule has 3 aromatic rings. The number of fused-ring (bicyclic) bond motifs is 1. The summed E-state index contributed by atoms with van der Waals surface area (Å²) in [4.78, 5) is 0.284. The molecule has 4 rings (SSSR count). The van der Waals surface area contributed by atoms with Gasteiger partial charge in [-0.15, -0.1) is 0 Å². The lowest BCUT2D eigenvalue weighted by Gasteiger charge is -2.28. The van der Waals surface area contributed by atoms with Crippen LogP contribution in [0.25, 0.3) is 0 Å². The fraction of sp³-hybridized carbons (Fsp3) is 0.174. The Hall–Kier alpha value is -3.12. The van der Waals surface area contributed by atoms with Crippen molar-refractivity contribution in [3.05, 3.63) is 89.5 Å². The van der Waals surface area contributed by atoms with Gasteiger partial charge in [-0.1, -0.05) is 42.5 Å². The largest absolute Gasteiger partial charge is 0.484 e. The van der Waals surface area contributed by atoms with E-state index in [2.05, 4.69) is 22.7 Å². The summed E-state index contributed by atoms with van der Waals surface area (Å²) >= 11 is 0. The molecule has 29 heavy (non-hydrogen) atoms. The molecule has 0 saturated carbocycles. The molecule has 1 N–H and O–H groups in total. The molecule has 1 heterocycles. The van der Waals surface area contributed by atoms with E-state index in [1.54, 1.807) is 24.3 Å². The van der Waals surface area contributed by atoms with Crippen LogP contribution in [0.4, 0.5) is 5.69 Å². The zero-order valence-corrected chi connectivity index (χ0v) is 17.1. The molecule has 6 heteroatoms. The molecule has 3 aromatic carbocycles. The Labute approximate surface area is 171 Å². The van der Waals surface area contributed by atoms with E-state index in [4.69, 9.17) is 4.74 Å². The molecule has 0 aromatic heterocycles. The number of hydrogen-bond donors (Lipinski definition) is 1. The third-order valence-electron chi connectivity index (χ3n) is 4.94. The maximum Gasteiger partial charge on any atom is 0.175 e. The number of ether oxygens (including phenoxy) is 1. The van der Waals surface area contributed by atoms with Gasteiger partial charge in [-0.25, -0.2) is 8.42 Å². The molecule has 0 fully saturated rings. The quantitative estimate of drug-likeness (QED) is 0.636. The number of sulfone groups is 1. The van der Waals surface area contributed by atoms with Crippen LogP contribution in [0.15, 0.2) is 82.8 Å². The van der Waals surface area contributed by atoms with Crippen LogP contribution in [0.3, 0.4) is 0 Å². The number of benzene rings is 3. The first-order valence-corrected chi connectivity index (χ1v) is 11.3. The van der Waals surface area contributed by atoms with E-state index in [1.807, 2.05) is 43.3 Å². The minimum Gasteiger partial charge on any atom is -0.484 e. The standard InChI is InChI=1S/C23H22N2O3S/c1-16-7-6-10-20-21(15-22(28-23(16)20)17-8-4-3-5-9-17)25-24-18-11-13-19(14-12-18)29(2,26)27/h3-14,22,24H,15H2,1-2H3. The van der Waals surface area contributed by atoms with Crippen LogP contribution in [0.5, 0.6) is 5.75 Å². The highest BCUT2D eigenvalue weighted by atomic mass is 32.2. The van der Waals surface area contributed by atoms with Crippen LogP contribution in [-0.2, 0) is 9.84 Å². The lowest BCUT2D eigenvalue weighted by Crippen LogP contribution is -2.22. The lowest BCUT2D eigenvalue weighted by atomic mass is 9.94. The lowest BCUT2D eigenvalue weighted by molar-refractivity contribution is 0.205. The maximum absolute atomic E-state index is 11.6. The predicted molar refractivity (Wildman–Crippen MR) is 115 cm³/mol. The number of hydrogen-bond acceptors (Lipinski definition) is 5. The van der Waals surface area contributed by atoms with E-state index in [9.17, 15) is 8.42 Å². The van der Waals surface area contributed by atoms with Crippen molar-refractivity contribution in [3.63, 3.8) is 0 Å². The van der Waals surface area contributed by atoms with Gasteiger partial charge >= 0.3 is 0 Å². The highest BCUT2D eigenvalue weighted by molar-refractivity contribution is 7.90. The van der Waals surface area contributed by atoms with Gasteiger partial charge in [0.25, 0.3) is 0 Å². The first-order chi connectivity index (χ1) is 13.9. The molecule has 1 unspecified atom stereocenters. The second kappa shape index (κ2) is 7.72. The Morgan fingerprint density at radius 2 is 1.69 bits per heavy atom. The molecule has 1 atom stereocenters. The van der Waals surface area contributed by atoms with Crippen molar-refractivity contribution in [1.82, 2.24) is 0 Å². The summed E-state index contributed by atoms with van der Waals surface area (Å²) in [5.41, 5.74) is 7.82. The van der Waals surface area contributed by atoms with Crippen LogP contribution in [0.2, 0.25) is 0 Å². The second-order valence-corrected chi connectivity index (χ2v) is 9.16. The first kappa shape index (κ1) is 19.2. The summed E-state index contributed by atoms with van der Waals surface area (Å²) in [5.74, 6) is 0.848. The van der Waals surface area contributed by atoms with Gasteiger partial charge in [0.05, 0.1) is 16.3 Å². The van der Waals surface area contributed by atoms with Crippen LogP contribution < -0.4 is 10.2 Å². The molecule has 0 spiro atoms. The highest BCUT2D eigenvalue weighted by Gasteiger charge is 2.27. The summed E-state index contributed by atoms with van der Waals surface area (Å²) in [6, 6.07) is 22.7. The van der Waals surface area contributed by atoms with E-state index in [1.165, 1.54) is 6.26 Å². The topological polar surface area (TPSA) is 67.8 Å². The van der Waals surface area contributed by atoms with Crippen molar-refractivity contribution >= 4 is 21.2 Å². The van der Waals surface area contributed by atoms with Crippen molar-refractivity contribution in [3.8, 4) is 5.75 Å². The fourth-order valence-electron chi connectivity index (χ4n) is 3.37. The number of rotatable bonds is 4. The SMILES string of the molecule is Cc1cccc2c1OC(c1ccccc1)CC2=NNc1ccc(S(C)(=O)=O)cc1. The Kier molecular flexibility index (Phi) is 5.11. The van der Waals surface area contributed by atoms with Crippen molar-refractivity contribution < 1.29 is 13.2 Å². The van der Waals surface area contributed by atoms with Crippen LogP contribution in [0, 0.1) is 6.92 Å². The highest BCUT2D eigenvalue weighted by Crippen LogP contribution is 2.37. The number of nitrogens with zero attached hydrogens (tertiary/aromatic N) is 1. The molecule has 0 aliphatic carbocycles. The Bertz CT molecular complexity index is 1150. The minimum atomic E-state index is -3.22. The normalized spacial score (nSPS) is 17.4. The van der Waals surface area contributed by atoms with Crippen molar-refractivity contribution in [2.75, 3.05) is 11.7 Å². The summed E-state index contributed by atoms with van der Waals surface area (Å²) in [6.07, 6.45) is 1.72. The fourth-order valence-corrected chi connectivity index (χ4v) is 4.00. The monoisotopic (exact) mass is 406 g/mol. The third-order valence-corrected chi connectivity index (χ3v) is 6.06. The number of hydrazone groups is 1. The number of anilines is 1. The van der Waals surface area contributed by atoms with Crippen molar-refractivity contribution in [1.29, 1.82) is 0 Å². The third kappa shape index (κ3) is 4.17. The van der Waals surface area contributed by atoms with Gasteiger partial charge in [0, 0.05) is 18.2 Å².